The van der Waals surface area contributed by atoms with Gasteiger partial charge in [-0.3, -0.25) is 0 Å². The van der Waals surface area contributed by atoms with Crippen LogP contribution in [0.3, 0.4) is 0 Å². The van der Waals surface area contributed by atoms with Crippen molar-refractivity contribution >= 4 is 11.6 Å². The summed E-state index contributed by atoms with van der Waals surface area (Å²) >= 11 is 5.91. The fourth-order valence-corrected chi connectivity index (χ4v) is 1.91. The molecule has 0 aliphatic rings. The molecule has 1 rings (SSSR count). The van der Waals surface area contributed by atoms with E-state index in [0.29, 0.717) is 5.88 Å². The SMILES string of the molecule is CCc1ccc(OC)c(C(CCl)NC)c1. The van der Waals surface area contributed by atoms with E-state index in [9.17, 15) is 0 Å². The summed E-state index contributed by atoms with van der Waals surface area (Å²) in [6, 6.07) is 6.39. The fourth-order valence-electron chi connectivity index (χ4n) is 1.59. The molecule has 1 atom stereocenters. The van der Waals surface area contributed by atoms with E-state index in [-0.39, 0.29) is 6.04 Å². The normalized spacial score (nSPS) is 12.5. The Morgan fingerprint density at radius 3 is 2.67 bits per heavy atom. The van der Waals surface area contributed by atoms with Crippen LogP contribution in [0.25, 0.3) is 0 Å². The Hall–Kier alpha value is -0.730. The van der Waals surface area contributed by atoms with Crippen LogP contribution in [0.4, 0.5) is 0 Å². The van der Waals surface area contributed by atoms with Gasteiger partial charge in [-0.2, -0.15) is 0 Å². The molecule has 0 fully saturated rings. The van der Waals surface area contributed by atoms with E-state index in [1.807, 2.05) is 13.1 Å². The lowest BCUT2D eigenvalue weighted by molar-refractivity contribution is 0.404. The summed E-state index contributed by atoms with van der Waals surface area (Å²) in [6.45, 7) is 2.14. The number of rotatable bonds is 5. The highest BCUT2D eigenvalue weighted by Crippen LogP contribution is 2.27. The monoisotopic (exact) mass is 227 g/mol. The minimum absolute atomic E-state index is 0.146. The van der Waals surface area contributed by atoms with Gasteiger partial charge < -0.3 is 10.1 Å². The first kappa shape index (κ1) is 12.3. The molecule has 1 aromatic rings. The fraction of sp³-hybridized carbons (Fsp3) is 0.500. The average Bonchev–Trinajstić information content (AvgIpc) is 2.30. The molecule has 0 bridgehead atoms. The van der Waals surface area contributed by atoms with Crippen molar-refractivity contribution in [2.45, 2.75) is 19.4 Å². The summed E-state index contributed by atoms with van der Waals surface area (Å²) in [7, 11) is 3.59. The zero-order valence-electron chi connectivity index (χ0n) is 9.51. The molecule has 0 aromatic heterocycles. The van der Waals surface area contributed by atoms with Gasteiger partial charge in [-0.25, -0.2) is 0 Å². The van der Waals surface area contributed by atoms with Crippen LogP contribution in [0.5, 0.6) is 5.75 Å². The maximum atomic E-state index is 5.91. The second-order valence-corrected chi connectivity index (χ2v) is 3.73. The molecular formula is C12H18ClNO. The van der Waals surface area contributed by atoms with Crippen LogP contribution in [0.1, 0.15) is 24.1 Å². The van der Waals surface area contributed by atoms with Crippen LogP contribution >= 0.6 is 11.6 Å². The van der Waals surface area contributed by atoms with E-state index in [4.69, 9.17) is 16.3 Å². The number of alkyl halides is 1. The van der Waals surface area contributed by atoms with Gasteiger partial charge in [0.15, 0.2) is 0 Å². The topological polar surface area (TPSA) is 21.3 Å². The maximum Gasteiger partial charge on any atom is 0.123 e. The third-order valence-corrected chi connectivity index (χ3v) is 2.89. The molecule has 0 saturated heterocycles. The third kappa shape index (κ3) is 2.86. The van der Waals surface area contributed by atoms with Gasteiger partial charge >= 0.3 is 0 Å². The van der Waals surface area contributed by atoms with Crippen molar-refractivity contribution in [1.82, 2.24) is 5.32 Å². The first-order valence-corrected chi connectivity index (χ1v) is 5.70. The predicted octanol–water partition coefficient (Wildman–Crippen LogP) is 2.76. The minimum atomic E-state index is 0.146. The quantitative estimate of drug-likeness (QED) is 0.782. The van der Waals surface area contributed by atoms with Crippen molar-refractivity contribution < 1.29 is 4.74 Å². The van der Waals surface area contributed by atoms with E-state index in [0.717, 1.165) is 17.7 Å². The van der Waals surface area contributed by atoms with Gasteiger partial charge in [-0.05, 0) is 25.1 Å². The van der Waals surface area contributed by atoms with Crippen molar-refractivity contribution in [3.8, 4) is 5.75 Å². The Labute approximate surface area is 96.6 Å². The Morgan fingerprint density at radius 2 is 2.20 bits per heavy atom. The summed E-state index contributed by atoms with van der Waals surface area (Å²) in [5.41, 5.74) is 2.44. The summed E-state index contributed by atoms with van der Waals surface area (Å²) in [6.07, 6.45) is 1.02. The van der Waals surface area contributed by atoms with Crippen molar-refractivity contribution in [3.05, 3.63) is 29.3 Å². The lowest BCUT2D eigenvalue weighted by atomic mass is 10.0. The molecule has 1 unspecified atom stereocenters. The number of ether oxygens (including phenoxy) is 1. The van der Waals surface area contributed by atoms with Crippen LogP contribution in [0.15, 0.2) is 18.2 Å². The Kier molecular flexibility index (Phi) is 4.92. The molecule has 84 valence electrons. The number of methoxy groups -OCH3 is 1. The van der Waals surface area contributed by atoms with E-state index >= 15 is 0 Å². The molecule has 0 radical (unpaired) electrons. The highest BCUT2D eigenvalue weighted by atomic mass is 35.5. The van der Waals surface area contributed by atoms with Crippen molar-refractivity contribution in [3.63, 3.8) is 0 Å². The molecule has 1 aromatic carbocycles. The lowest BCUT2D eigenvalue weighted by Crippen LogP contribution is -2.18. The van der Waals surface area contributed by atoms with Crippen molar-refractivity contribution in [2.24, 2.45) is 0 Å². The van der Waals surface area contributed by atoms with Crippen molar-refractivity contribution in [2.75, 3.05) is 20.0 Å². The maximum absolute atomic E-state index is 5.91. The van der Waals surface area contributed by atoms with Gasteiger partial charge in [0, 0.05) is 17.5 Å². The molecular weight excluding hydrogens is 210 g/mol. The number of hydrogen-bond donors (Lipinski definition) is 1. The first-order valence-electron chi connectivity index (χ1n) is 5.16. The van der Waals surface area contributed by atoms with E-state index in [1.54, 1.807) is 7.11 Å². The van der Waals surface area contributed by atoms with Gasteiger partial charge in [0.2, 0.25) is 0 Å². The molecule has 0 spiro atoms. The van der Waals surface area contributed by atoms with Crippen LogP contribution in [0.2, 0.25) is 0 Å². The number of nitrogens with one attached hydrogen (secondary N) is 1. The smallest absolute Gasteiger partial charge is 0.123 e. The molecule has 15 heavy (non-hydrogen) atoms. The number of aryl methyl sites for hydroxylation is 1. The molecule has 3 heteroatoms. The van der Waals surface area contributed by atoms with Gasteiger partial charge in [0.05, 0.1) is 7.11 Å². The first-order chi connectivity index (χ1) is 7.26. The number of benzene rings is 1. The Bertz CT molecular complexity index is 310. The summed E-state index contributed by atoms with van der Waals surface area (Å²) in [5.74, 6) is 1.44. The standard InChI is InChI=1S/C12H18ClNO/c1-4-9-5-6-12(15-3)10(7-9)11(8-13)14-2/h5-7,11,14H,4,8H2,1-3H3. The van der Waals surface area contributed by atoms with E-state index < -0.39 is 0 Å². The molecule has 0 aliphatic carbocycles. The second kappa shape index (κ2) is 5.99. The minimum Gasteiger partial charge on any atom is -0.496 e. The van der Waals surface area contributed by atoms with Gasteiger partial charge in [0.25, 0.3) is 0 Å². The molecule has 1 N–H and O–H groups in total. The third-order valence-electron chi connectivity index (χ3n) is 2.58. The molecule has 2 nitrogen and oxygen atoms in total. The zero-order valence-corrected chi connectivity index (χ0v) is 10.3. The largest absolute Gasteiger partial charge is 0.496 e. The molecule has 0 aliphatic heterocycles. The average molecular weight is 228 g/mol. The molecule has 0 amide bonds. The van der Waals surface area contributed by atoms with E-state index in [2.05, 4.69) is 24.4 Å². The van der Waals surface area contributed by atoms with Crippen molar-refractivity contribution in [1.29, 1.82) is 0 Å². The van der Waals surface area contributed by atoms with Gasteiger partial charge in [0.1, 0.15) is 5.75 Å². The second-order valence-electron chi connectivity index (χ2n) is 3.43. The van der Waals surface area contributed by atoms with Crippen LogP contribution < -0.4 is 10.1 Å². The highest BCUT2D eigenvalue weighted by Gasteiger charge is 2.13. The summed E-state index contributed by atoms with van der Waals surface area (Å²) < 4.78 is 5.33. The highest BCUT2D eigenvalue weighted by molar-refractivity contribution is 6.18. The van der Waals surface area contributed by atoms with E-state index in [1.165, 1.54) is 5.56 Å². The zero-order chi connectivity index (χ0) is 11.3. The predicted molar refractivity (Wildman–Crippen MR) is 64.9 cm³/mol. The Morgan fingerprint density at radius 1 is 1.47 bits per heavy atom. The summed E-state index contributed by atoms with van der Waals surface area (Å²) in [4.78, 5) is 0. The Balaban J connectivity index is 3.09. The van der Waals surface area contributed by atoms with Crippen LogP contribution in [-0.2, 0) is 6.42 Å². The lowest BCUT2D eigenvalue weighted by Gasteiger charge is -2.17. The molecule has 0 heterocycles. The number of halogens is 1. The van der Waals surface area contributed by atoms with Gasteiger partial charge in [-0.15, -0.1) is 11.6 Å². The molecule has 0 saturated carbocycles. The number of hydrogen-bond acceptors (Lipinski definition) is 2. The van der Waals surface area contributed by atoms with Crippen LogP contribution in [-0.4, -0.2) is 20.0 Å². The summed E-state index contributed by atoms with van der Waals surface area (Å²) in [5, 5.41) is 3.18. The van der Waals surface area contributed by atoms with Crippen LogP contribution in [0, 0.1) is 0 Å². The van der Waals surface area contributed by atoms with Gasteiger partial charge in [-0.1, -0.05) is 19.1 Å².